The third-order valence-corrected chi connectivity index (χ3v) is 1.18. The van der Waals surface area contributed by atoms with Gasteiger partial charge < -0.3 is 15.2 Å². The molecule has 0 aliphatic heterocycles. The Morgan fingerprint density at radius 1 is 1.40 bits per heavy atom. The van der Waals surface area contributed by atoms with Crippen molar-refractivity contribution in [2.45, 2.75) is 13.8 Å². The van der Waals surface area contributed by atoms with E-state index in [1.54, 1.807) is 0 Å². The molecule has 10 heavy (non-hydrogen) atoms. The van der Waals surface area contributed by atoms with E-state index < -0.39 is 0 Å². The van der Waals surface area contributed by atoms with E-state index in [4.69, 9.17) is 15.2 Å². The molecule has 1 atom stereocenters. The lowest BCUT2D eigenvalue weighted by molar-refractivity contribution is -0.0580. The van der Waals surface area contributed by atoms with Gasteiger partial charge in [-0.3, -0.25) is 0 Å². The monoisotopic (exact) mass is 147 g/mol. The SMILES string of the molecule is CCOCOCC(C)CN. The second-order valence-electron chi connectivity index (χ2n) is 2.32. The number of hydrogen-bond donors (Lipinski definition) is 1. The molecule has 3 heteroatoms. The van der Waals surface area contributed by atoms with E-state index in [0.29, 0.717) is 32.5 Å². The molecule has 0 radical (unpaired) electrons. The molecule has 0 spiro atoms. The van der Waals surface area contributed by atoms with Crippen LogP contribution in [0.3, 0.4) is 0 Å². The summed E-state index contributed by atoms with van der Waals surface area (Å²) in [7, 11) is 0. The Morgan fingerprint density at radius 3 is 2.60 bits per heavy atom. The molecule has 0 heterocycles. The molecule has 0 saturated heterocycles. The first-order valence-electron chi connectivity index (χ1n) is 3.66. The van der Waals surface area contributed by atoms with Crippen molar-refractivity contribution in [1.29, 1.82) is 0 Å². The molecule has 0 fully saturated rings. The van der Waals surface area contributed by atoms with Crippen LogP contribution in [0.2, 0.25) is 0 Å². The highest BCUT2D eigenvalue weighted by molar-refractivity contribution is 4.48. The smallest absolute Gasteiger partial charge is 0.146 e. The van der Waals surface area contributed by atoms with Gasteiger partial charge in [-0.2, -0.15) is 0 Å². The highest BCUT2D eigenvalue weighted by Gasteiger charge is 1.96. The first-order valence-corrected chi connectivity index (χ1v) is 3.66. The predicted octanol–water partition coefficient (Wildman–Crippen LogP) is 0.592. The summed E-state index contributed by atoms with van der Waals surface area (Å²) in [5, 5.41) is 0. The van der Waals surface area contributed by atoms with Gasteiger partial charge in [0.05, 0.1) is 6.61 Å². The van der Waals surface area contributed by atoms with Crippen LogP contribution in [-0.4, -0.2) is 26.6 Å². The second kappa shape index (κ2) is 6.99. The molecule has 62 valence electrons. The van der Waals surface area contributed by atoms with E-state index in [1.807, 2.05) is 13.8 Å². The van der Waals surface area contributed by atoms with Gasteiger partial charge in [-0.25, -0.2) is 0 Å². The summed E-state index contributed by atoms with van der Waals surface area (Å²) in [5.41, 5.74) is 5.37. The van der Waals surface area contributed by atoms with Crippen molar-refractivity contribution in [3.63, 3.8) is 0 Å². The van der Waals surface area contributed by atoms with E-state index in [9.17, 15) is 0 Å². The van der Waals surface area contributed by atoms with Crippen LogP contribution < -0.4 is 5.73 Å². The third kappa shape index (κ3) is 6.01. The van der Waals surface area contributed by atoms with Gasteiger partial charge in [-0.1, -0.05) is 6.92 Å². The van der Waals surface area contributed by atoms with Crippen LogP contribution in [0.15, 0.2) is 0 Å². The Balaban J connectivity index is 2.89. The van der Waals surface area contributed by atoms with Crippen molar-refractivity contribution in [3.8, 4) is 0 Å². The molecule has 0 aromatic carbocycles. The third-order valence-electron chi connectivity index (χ3n) is 1.18. The number of rotatable bonds is 6. The van der Waals surface area contributed by atoms with Crippen molar-refractivity contribution >= 4 is 0 Å². The van der Waals surface area contributed by atoms with Gasteiger partial charge in [0.25, 0.3) is 0 Å². The molecule has 2 N–H and O–H groups in total. The van der Waals surface area contributed by atoms with Gasteiger partial charge in [-0.05, 0) is 19.4 Å². The fraction of sp³-hybridized carbons (Fsp3) is 1.00. The van der Waals surface area contributed by atoms with Crippen LogP contribution in [-0.2, 0) is 9.47 Å². The number of nitrogens with two attached hydrogens (primary N) is 1. The quantitative estimate of drug-likeness (QED) is 0.442. The van der Waals surface area contributed by atoms with Crippen molar-refractivity contribution in [3.05, 3.63) is 0 Å². The van der Waals surface area contributed by atoms with Gasteiger partial charge in [-0.15, -0.1) is 0 Å². The van der Waals surface area contributed by atoms with Crippen LogP contribution in [0, 0.1) is 5.92 Å². The summed E-state index contributed by atoms with van der Waals surface area (Å²) < 4.78 is 10.1. The minimum absolute atomic E-state index is 0.390. The minimum atomic E-state index is 0.390. The fourth-order valence-corrected chi connectivity index (χ4v) is 0.460. The van der Waals surface area contributed by atoms with E-state index in [-0.39, 0.29) is 0 Å². The van der Waals surface area contributed by atoms with E-state index >= 15 is 0 Å². The van der Waals surface area contributed by atoms with Crippen LogP contribution in [0.25, 0.3) is 0 Å². The molecule has 0 aliphatic rings. The first-order chi connectivity index (χ1) is 4.81. The van der Waals surface area contributed by atoms with Crippen molar-refractivity contribution in [1.82, 2.24) is 0 Å². The lowest BCUT2D eigenvalue weighted by Gasteiger charge is -2.08. The average Bonchev–Trinajstić information content (AvgIpc) is 1.98. The zero-order chi connectivity index (χ0) is 7.82. The molecule has 3 nitrogen and oxygen atoms in total. The Bertz CT molecular complexity index is 68.6. The molecule has 0 saturated carbocycles. The Morgan fingerprint density at radius 2 is 2.10 bits per heavy atom. The van der Waals surface area contributed by atoms with E-state index in [1.165, 1.54) is 0 Å². The molecular formula is C7H17NO2. The van der Waals surface area contributed by atoms with Crippen LogP contribution >= 0.6 is 0 Å². The van der Waals surface area contributed by atoms with E-state index in [2.05, 4.69) is 0 Å². The molecule has 0 aromatic rings. The minimum Gasteiger partial charge on any atom is -0.356 e. The number of ether oxygens (including phenoxy) is 2. The van der Waals surface area contributed by atoms with Crippen LogP contribution in [0.1, 0.15) is 13.8 Å². The lowest BCUT2D eigenvalue weighted by Crippen LogP contribution is -2.17. The molecule has 0 aromatic heterocycles. The Hall–Kier alpha value is -0.120. The molecule has 0 aliphatic carbocycles. The molecule has 0 bridgehead atoms. The van der Waals surface area contributed by atoms with Crippen molar-refractivity contribution in [2.75, 3.05) is 26.6 Å². The summed E-state index contributed by atoms with van der Waals surface area (Å²) in [6.07, 6.45) is 0. The second-order valence-corrected chi connectivity index (χ2v) is 2.32. The zero-order valence-electron chi connectivity index (χ0n) is 6.80. The summed E-state index contributed by atoms with van der Waals surface area (Å²) in [5.74, 6) is 0.431. The Labute approximate surface area is 62.5 Å². The number of hydrogen-bond acceptors (Lipinski definition) is 3. The Kier molecular flexibility index (Phi) is 6.91. The zero-order valence-corrected chi connectivity index (χ0v) is 6.80. The normalized spacial score (nSPS) is 13.5. The predicted molar refractivity (Wildman–Crippen MR) is 40.7 cm³/mol. The lowest BCUT2D eigenvalue weighted by atomic mass is 10.2. The molecule has 0 rings (SSSR count). The highest BCUT2D eigenvalue weighted by atomic mass is 16.7. The van der Waals surface area contributed by atoms with Crippen molar-refractivity contribution in [2.24, 2.45) is 11.7 Å². The van der Waals surface area contributed by atoms with Gasteiger partial charge in [0, 0.05) is 6.61 Å². The maximum absolute atomic E-state index is 5.37. The summed E-state index contributed by atoms with van der Waals surface area (Å²) >= 11 is 0. The van der Waals surface area contributed by atoms with Crippen LogP contribution in [0.4, 0.5) is 0 Å². The van der Waals surface area contributed by atoms with Crippen molar-refractivity contribution < 1.29 is 9.47 Å². The highest BCUT2D eigenvalue weighted by Crippen LogP contribution is 1.91. The molecule has 0 amide bonds. The molecule has 1 unspecified atom stereocenters. The standard InChI is InChI=1S/C7H17NO2/c1-3-9-6-10-5-7(2)4-8/h7H,3-6,8H2,1-2H3. The summed E-state index contributed by atoms with van der Waals surface area (Å²) in [6, 6.07) is 0. The van der Waals surface area contributed by atoms with Gasteiger partial charge in [0.1, 0.15) is 6.79 Å². The summed E-state index contributed by atoms with van der Waals surface area (Å²) in [6.45, 7) is 6.45. The maximum Gasteiger partial charge on any atom is 0.146 e. The van der Waals surface area contributed by atoms with Crippen LogP contribution in [0.5, 0.6) is 0 Å². The molecular weight excluding hydrogens is 130 g/mol. The summed E-state index contributed by atoms with van der Waals surface area (Å²) in [4.78, 5) is 0. The van der Waals surface area contributed by atoms with E-state index in [0.717, 1.165) is 0 Å². The van der Waals surface area contributed by atoms with Gasteiger partial charge >= 0.3 is 0 Å². The van der Waals surface area contributed by atoms with Gasteiger partial charge in [0.15, 0.2) is 0 Å². The van der Waals surface area contributed by atoms with Gasteiger partial charge in [0.2, 0.25) is 0 Å². The first kappa shape index (κ1) is 9.88. The maximum atomic E-state index is 5.37. The largest absolute Gasteiger partial charge is 0.356 e. The fourth-order valence-electron chi connectivity index (χ4n) is 0.460. The average molecular weight is 147 g/mol. The topological polar surface area (TPSA) is 44.5 Å².